The van der Waals surface area contributed by atoms with Gasteiger partial charge in [0.25, 0.3) is 0 Å². The number of methoxy groups -OCH3 is 2. The zero-order valence-electron chi connectivity index (χ0n) is 18.2. The van der Waals surface area contributed by atoms with E-state index in [2.05, 4.69) is 13.8 Å². The standard InChI is InChI=1S/C23H27NO5S/c1-7-23(16-12-10-9-11-13-16)20-18(24(8-2)14(3)15(4)30-23)17(21(25)27-5)19(29-20)22(26)28-6/h9-13H,7-8H2,1-6H3. The number of furan rings is 1. The van der Waals surface area contributed by atoms with Gasteiger partial charge in [-0.25, -0.2) is 9.59 Å². The number of fused-ring (bicyclic) bond motifs is 1. The van der Waals surface area contributed by atoms with Crippen LogP contribution in [-0.4, -0.2) is 32.7 Å². The number of carbonyl (C=O) groups is 2. The third-order valence-electron chi connectivity index (χ3n) is 5.58. The lowest BCUT2D eigenvalue weighted by Gasteiger charge is -2.31. The summed E-state index contributed by atoms with van der Waals surface area (Å²) in [6, 6.07) is 10.0. The van der Waals surface area contributed by atoms with Crippen LogP contribution in [0.25, 0.3) is 0 Å². The molecule has 0 saturated carbocycles. The number of carbonyl (C=O) groups excluding carboxylic acids is 2. The van der Waals surface area contributed by atoms with Crippen LogP contribution in [0.1, 0.15) is 66.4 Å². The predicted octanol–water partition coefficient (Wildman–Crippen LogP) is 5.33. The molecular weight excluding hydrogens is 402 g/mol. The monoisotopic (exact) mass is 429 g/mol. The second kappa shape index (κ2) is 8.60. The Morgan fingerprint density at radius 1 is 1.07 bits per heavy atom. The molecule has 0 aliphatic carbocycles. The molecule has 0 saturated heterocycles. The van der Waals surface area contributed by atoms with E-state index < -0.39 is 16.7 Å². The maximum atomic E-state index is 12.8. The summed E-state index contributed by atoms with van der Waals surface area (Å²) < 4.78 is 15.6. The van der Waals surface area contributed by atoms with Crippen LogP contribution in [0.5, 0.6) is 0 Å². The molecule has 6 nitrogen and oxygen atoms in total. The number of hydrogen-bond acceptors (Lipinski definition) is 7. The van der Waals surface area contributed by atoms with E-state index in [1.807, 2.05) is 49.1 Å². The fraction of sp³-hybridized carbons (Fsp3) is 0.391. The van der Waals surface area contributed by atoms with Crippen LogP contribution in [0.3, 0.4) is 0 Å². The summed E-state index contributed by atoms with van der Waals surface area (Å²) in [6.45, 7) is 8.75. The highest BCUT2D eigenvalue weighted by molar-refractivity contribution is 8.04. The van der Waals surface area contributed by atoms with Gasteiger partial charge in [0.15, 0.2) is 0 Å². The molecule has 0 spiro atoms. The molecule has 2 aromatic rings. The van der Waals surface area contributed by atoms with E-state index in [4.69, 9.17) is 13.9 Å². The molecule has 7 heteroatoms. The van der Waals surface area contributed by atoms with Gasteiger partial charge in [0.1, 0.15) is 21.8 Å². The third-order valence-corrected chi connectivity index (χ3v) is 7.24. The summed E-state index contributed by atoms with van der Waals surface area (Å²) in [7, 11) is 2.56. The molecular formula is C23H27NO5S. The van der Waals surface area contributed by atoms with Gasteiger partial charge in [0.2, 0.25) is 5.76 Å². The Hall–Kier alpha value is -2.67. The Bertz CT molecular complexity index is 995. The second-order valence-corrected chi connectivity index (χ2v) is 8.52. The minimum Gasteiger partial charge on any atom is -0.465 e. The van der Waals surface area contributed by atoms with E-state index in [1.54, 1.807) is 11.8 Å². The second-order valence-electron chi connectivity index (χ2n) is 7.00. The Morgan fingerprint density at radius 3 is 2.23 bits per heavy atom. The van der Waals surface area contributed by atoms with Crippen LogP contribution in [0.4, 0.5) is 5.69 Å². The Morgan fingerprint density at radius 2 is 1.70 bits per heavy atom. The molecule has 2 heterocycles. The van der Waals surface area contributed by atoms with Crippen LogP contribution in [0, 0.1) is 0 Å². The van der Waals surface area contributed by atoms with Crippen LogP contribution in [0.15, 0.2) is 45.4 Å². The van der Waals surface area contributed by atoms with Crippen LogP contribution >= 0.6 is 11.8 Å². The summed E-state index contributed by atoms with van der Waals surface area (Å²) in [4.78, 5) is 28.5. The van der Waals surface area contributed by atoms with Gasteiger partial charge in [-0.1, -0.05) is 37.3 Å². The molecule has 160 valence electrons. The number of allylic oxidation sites excluding steroid dienone is 2. The van der Waals surface area contributed by atoms with Gasteiger partial charge in [-0.2, -0.15) is 0 Å². The summed E-state index contributed by atoms with van der Waals surface area (Å²) in [5.41, 5.74) is 2.70. The lowest BCUT2D eigenvalue weighted by molar-refractivity contribution is 0.0527. The molecule has 1 aromatic carbocycles. The van der Waals surface area contributed by atoms with Crippen LogP contribution < -0.4 is 4.90 Å². The first-order chi connectivity index (χ1) is 14.4. The first-order valence-corrected chi connectivity index (χ1v) is 10.7. The quantitative estimate of drug-likeness (QED) is 0.595. The number of rotatable bonds is 5. The fourth-order valence-corrected chi connectivity index (χ4v) is 5.36. The van der Waals surface area contributed by atoms with Crippen molar-refractivity contribution >= 4 is 29.4 Å². The predicted molar refractivity (Wildman–Crippen MR) is 118 cm³/mol. The lowest BCUT2D eigenvalue weighted by atomic mass is 9.91. The van der Waals surface area contributed by atoms with Crippen LogP contribution in [0.2, 0.25) is 0 Å². The topological polar surface area (TPSA) is 69.0 Å². The van der Waals surface area contributed by atoms with E-state index in [0.29, 0.717) is 24.4 Å². The zero-order valence-corrected chi connectivity index (χ0v) is 19.0. The van der Waals surface area contributed by atoms with Crippen molar-refractivity contribution in [2.24, 2.45) is 0 Å². The van der Waals surface area contributed by atoms with E-state index in [9.17, 15) is 9.59 Å². The molecule has 3 rings (SSSR count). The molecule has 0 N–H and O–H groups in total. The van der Waals surface area contributed by atoms with E-state index in [-0.39, 0.29) is 11.3 Å². The van der Waals surface area contributed by atoms with E-state index in [1.165, 1.54) is 14.2 Å². The van der Waals surface area contributed by atoms with E-state index in [0.717, 1.165) is 16.2 Å². The van der Waals surface area contributed by atoms with Gasteiger partial charge < -0.3 is 18.8 Å². The van der Waals surface area contributed by atoms with Crippen molar-refractivity contribution in [3.05, 3.63) is 63.6 Å². The molecule has 1 atom stereocenters. The summed E-state index contributed by atoms with van der Waals surface area (Å²) in [5.74, 6) is -0.912. The molecule has 0 bridgehead atoms. The van der Waals surface area contributed by atoms with E-state index >= 15 is 0 Å². The van der Waals surface area contributed by atoms with Crippen LogP contribution in [-0.2, 0) is 14.2 Å². The number of thioether (sulfide) groups is 1. The van der Waals surface area contributed by atoms with Gasteiger partial charge in [0.05, 0.1) is 14.2 Å². The maximum absolute atomic E-state index is 12.8. The van der Waals surface area contributed by atoms with Crippen molar-refractivity contribution in [1.82, 2.24) is 0 Å². The zero-order chi connectivity index (χ0) is 22.1. The van der Waals surface area contributed by atoms with Gasteiger partial charge in [0, 0.05) is 17.1 Å². The molecule has 1 unspecified atom stereocenters. The Labute approximate surface area is 181 Å². The number of anilines is 1. The van der Waals surface area contributed by atoms with Gasteiger partial charge in [-0.05, 0) is 32.8 Å². The maximum Gasteiger partial charge on any atom is 0.374 e. The van der Waals surface area contributed by atoms with Crippen molar-refractivity contribution in [2.45, 2.75) is 38.9 Å². The van der Waals surface area contributed by atoms with Crippen molar-refractivity contribution in [2.75, 3.05) is 25.7 Å². The molecule has 0 fully saturated rings. The number of benzene rings is 1. The molecule has 1 aromatic heterocycles. The molecule has 0 radical (unpaired) electrons. The largest absolute Gasteiger partial charge is 0.465 e. The highest BCUT2D eigenvalue weighted by atomic mass is 32.2. The summed E-state index contributed by atoms with van der Waals surface area (Å²) in [5, 5.41) is 0. The normalized spacial score (nSPS) is 18.7. The van der Waals surface area contributed by atoms with Crippen molar-refractivity contribution < 1.29 is 23.5 Å². The van der Waals surface area contributed by atoms with Crippen molar-refractivity contribution in [1.29, 1.82) is 0 Å². The number of esters is 2. The minimum absolute atomic E-state index is 0.101. The van der Waals surface area contributed by atoms with Gasteiger partial charge >= 0.3 is 11.9 Å². The average molecular weight is 430 g/mol. The number of hydrogen-bond donors (Lipinski definition) is 0. The average Bonchev–Trinajstić information content (AvgIpc) is 3.14. The minimum atomic E-state index is -0.707. The highest BCUT2D eigenvalue weighted by Gasteiger charge is 2.47. The molecule has 1 aliphatic heterocycles. The Kier molecular flexibility index (Phi) is 6.31. The van der Waals surface area contributed by atoms with Crippen molar-refractivity contribution in [3.63, 3.8) is 0 Å². The van der Waals surface area contributed by atoms with Gasteiger partial charge in [-0.15, -0.1) is 11.8 Å². The fourth-order valence-electron chi connectivity index (χ4n) is 3.95. The number of ether oxygens (including phenoxy) is 2. The first kappa shape index (κ1) is 22.0. The van der Waals surface area contributed by atoms with Crippen molar-refractivity contribution in [3.8, 4) is 0 Å². The summed E-state index contributed by atoms with van der Waals surface area (Å²) >= 11 is 1.68. The third kappa shape index (κ3) is 3.31. The molecule has 30 heavy (non-hydrogen) atoms. The highest BCUT2D eigenvalue weighted by Crippen LogP contribution is 2.57. The van der Waals surface area contributed by atoms with Gasteiger partial charge in [-0.3, -0.25) is 0 Å². The smallest absolute Gasteiger partial charge is 0.374 e. The SMILES string of the molecule is CCN1C(C)=C(C)SC(CC)(c2ccccc2)c2oc(C(=O)OC)c(C(=O)OC)c21. The lowest BCUT2D eigenvalue weighted by Crippen LogP contribution is -2.26. The first-order valence-electron chi connectivity index (χ1n) is 9.89. The number of nitrogens with zero attached hydrogens (tertiary/aromatic N) is 1. The molecule has 1 aliphatic rings. The Balaban J connectivity index is 2.49. The summed E-state index contributed by atoms with van der Waals surface area (Å²) in [6.07, 6.45) is 0.686. The molecule has 0 amide bonds.